The van der Waals surface area contributed by atoms with Crippen LogP contribution in [0.2, 0.25) is 0 Å². The molecule has 0 spiro atoms. The van der Waals surface area contributed by atoms with Crippen molar-refractivity contribution in [1.29, 1.82) is 0 Å². The largest absolute Gasteiger partial charge is 0.463 e. The van der Waals surface area contributed by atoms with Crippen molar-refractivity contribution in [3.8, 4) is 0 Å². The molecule has 13 nitrogen and oxygen atoms in total. The second-order valence-corrected chi connectivity index (χ2v) is 9.65. The lowest BCUT2D eigenvalue weighted by molar-refractivity contribution is -0.332. The van der Waals surface area contributed by atoms with Gasteiger partial charge < -0.3 is 43.2 Å². The quantitative estimate of drug-likeness (QED) is 0.119. The average molecular weight is 560 g/mol. The molecule has 0 radical (unpaired) electrons. The summed E-state index contributed by atoms with van der Waals surface area (Å²) >= 11 is 0. The van der Waals surface area contributed by atoms with Gasteiger partial charge in [0.05, 0.1) is 24.9 Å². The number of methoxy groups -OCH3 is 1. The second kappa shape index (κ2) is 15.3. The molecule has 2 aliphatic heterocycles. The molecular weight excluding hydrogens is 518 g/mol. The zero-order valence-corrected chi connectivity index (χ0v) is 23.6. The first-order valence-corrected chi connectivity index (χ1v) is 12.8. The van der Waals surface area contributed by atoms with Gasteiger partial charge in [-0.3, -0.25) is 19.2 Å². The number of hydrogen-bond acceptors (Lipinski definition) is 12. The van der Waals surface area contributed by atoms with Crippen LogP contribution in [0.3, 0.4) is 0 Å². The third kappa shape index (κ3) is 9.24. The molecule has 2 fully saturated rings. The minimum Gasteiger partial charge on any atom is -0.463 e. The van der Waals surface area contributed by atoms with Crippen LogP contribution in [0.25, 0.3) is 0 Å². The standard InChI is InChI=1S/C26H41NO12/c1-9-21(31)27-12-33-10-19-23(32-8)14(3)25(37-18(7)30)26(38-19)39-24-13(2)22(36-17(6)29)15(4)35-20(24)11-34-16(5)28/h9,13-15,19-20,22-26H,1,10-12H2,2-8H3,(H,27,31)/t13?,14?,15?,19-,20?,22?,23?,24?,25?,26?/m0/s1. The Morgan fingerprint density at radius 2 is 1.41 bits per heavy atom. The first-order chi connectivity index (χ1) is 18.4. The fourth-order valence-corrected chi connectivity index (χ4v) is 4.91. The van der Waals surface area contributed by atoms with E-state index in [0.29, 0.717) is 0 Å². The third-order valence-corrected chi connectivity index (χ3v) is 6.67. The van der Waals surface area contributed by atoms with E-state index in [1.54, 1.807) is 6.92 Å². The molecule has 2 saturated heterocycles. The Labute approximate surface area is 228 Å². The van der Waals surface area contributed by atoms with Crippen LogP contribution in [0.1, 0.15) is 41.5 Å². The molecular formula is C26H41NO12. The molecule has 1 N–H and O–H groups in total. The smallest absolute Gasteiger partial charge is 0.303 e. The van der Waals surface area contributed by atoms with Crippen molar-refractivity contribution in [3.63, 3.8) is 0 Å². The monoisotopic (exact) mass is 559 g/mol. The fourth-order valence-electron chi connectivity index (χ4n) is 4.91. The first kappa shape index (κ1) is 32.6. The lowest BCUT2D eigenvalue weighted by Gasteiger charge is -2.48. The van der Waals surface area contributed by atoms with Crippen LogP contribution in [0, 0.1) is 11.8 Å². The number of amides is 1. The molecule has 0 bridgehead atoms. The van der Waals surface area contributed by atoms with E-state index < -0.39 is 84.7 Å². The van der Waals surface area contributed by atoms with Gasteiger partial charge in [-0.25, -0.2) is 0 Å². The van der Waals surface area contributed by atoms with E-state index in [-0.39, 0.29) is 19.9 Å². The summed E-state index contributed by atoms with van der Waals surface area (Å²) in [5.41, 5.74) is 0. The highest BCUT2D eigenvalue weighted by Crippen LogP contribution is 2.36. The number of nitrogens with one attached hydrogen (secondary N) is 1. The lowest BCUT2D eigenvalue weighted by Crippen LogP contribution is -2.62. The van der Waals surface area contributed by atoms with E-state index in [1.165, 1.54) is 27.9 Å². The molecule has 9 unspecified atom stereocenters. The molecule has 0 aliphatic carbocycles. The predicted octanol–water partition coefficient (Wildman–Crippen LogP) is 0.874. The van der Waals surface area contributed by atoms with Gasteiger partial charge in [-0.1, -0.05) is 20.4 Å². The summed E-state index contributed by atoms with van der Waals surface area (Å²) in [6, 6.07) is 0. The van der Waals surface area contributed by atoms with E-state index in [0.717, 1.165) is 6.08 Å². The van der Waals surface area contributed by atoms with Crippen molar-refractivity contribution in [1.82, 2.24) is 5.32 Å². The van der Waals surface area contributed by atoms with Gasteiger partial charge in [0.1, 0.15) is 31.6 Å². The summed E-state index contributed by atoms with van der Waals surface area (Å²) in [6.45, 7) is 12.5. The van der Waals surface area contributed by atoms with Gasteiger partial charge in [-0.15, -0.1) is 0 Å². The van der Waals surface area contributed by atoms with Gasteiger partial charge in [0.2, 0.25) is 5.91 Å². The molecule has 13 heteroatoms. The van der Waals surface area contributed by atoms with Crippen LogP contribution in [0.4, 0.5) is 0 Å². The van der Waals surface area contributed by atoms with Gasteiger partial charge in [0, 0.05) is 39.7 Å². The molecule has 0 aromatic heterocycles. The highest BCUT2D eigenvalue weighted by molar-refractivity contribution is 5.86. The Morgan fingerprint density at radius 3 is 1.97 bits per heavy atom. The van der Waals surface area contributed by atoms with Gasteiger partial charge in [-0.05, 0) is 13.0 Å². The van der Waals surface area contributed by atoms with Crippen molar-refractivity contribution in [2.45, 2.75) is 90.6 Å². The average Bonchev–Trinajstić information content (AvgIpc) is 2.86. The molecule has 2 heterocycles. The Kier molecular flexibility index (Phi) is 12.8. The number of ether oxygens (including phenoxy) is 8. The molecule has 222 valence electrons. The van der Waals surface area contributed by atoms with Crippen molar-refractivity contribution in [2.75, 3.05) is 27.1 Å². The van der Waals surface area contributed by atoms with Crippen molar-refractivity contribution < 1.29 is 57.1 Å². The molecule has 1 amide bonds. The Balaban J connectivity index is 2.31. The maximum Gasteiger partial charge on any atom is 0.303 e. The number of carbonyl (C=O) groups excluding carboxylic acids is 4. The number of carbonyl (C=O) groups is 4. The summed E-state index contributed by atoms with van der Waals surface area (Å²) in [4.78, 5) is 46.8. The second-order valence-electron chi connectivity index (χ2n) is 9.65. The van der Waals surface area contributed by atoms with Gasteiger partial charge in [0.25, 0.3) is 0 Å². The summed E-state index contributed by atoms with van der Waals surface area (Å²) < 4.78 is 46.3. The highest BCUT2D eigenvalue weighted by Gasteiger charge is 2.51. The van der Waals surface area contributed by atoms with E-state index >= 15 is 0 Å². The van der Waals surface area contributed by atoms with Crippen LogP contribution in [0.5, 0.6) is 0 Å². The first-order valence-electron chi connectivity index (χ1n) is 12.8. The summed E-state index contributed by atoms with van der Waals surface area (Å²) in [5.74, 6) is -2.74. The summed E-state index contributed by atoms with van der Waals surface area (Å²) in [6.07, 6.45) is -4.76. The topological polar surface area (TPSA) is 154 Å². The maximum absolute atomic E-state index is 12.0. The third-order valence-electron chi connectivity index (χ3n) is 6.67. The predicted molar refractivity (Wildman–Crippen MR) is 134 cm³/mol. The zero-order chi connectivity index (χ0) is 29.3. The van der Waals surface area contributed by atoms with Gasteiger partial charge in [-0.2, -0.15) is 0 Å². The Morgan fingerprint density at radius 1 is 0.821 bits per heavy atom. The summed E-state index contributed by atoms with van der Waals surface area (Å²) in [5, 5.41) is 2.51. The molecule has 39 heavy (non-hydrogen) atoms. The van der Waals surface area contributed by atoms with Crippen LogP contribution in [-0.2, 0) is 57.1 Å². The molecule has 2 aliphatic rings. The maximum atomic E-state index is 12.0. The van der Waals surface area contributed by atoms with Crippen molar-refractivity contribution >= 4 is 23.8 Å². The van der Waals surface area contributed by atoms with Crippen LogP contribution in [0.15, 0.2) is 12.7 Å². The van der Waals surface area contributed by atoms with Gasteiger partial charge in [0.15, 0.2) is 12.4 Å². The Hall–Kier alpha value is -2.58. The number of rotatable bonds is 12. The summed E-state index contributed by atoms with van der Waals surface area (Å²) in [7, 11) is 1.50. The minimum atomic E-state index is -1.10. The molecule has 10 atom stereocenters. The van der Waals surface area contributed by atoms with Crippen LogP contribution in [-0.4, -0.2) is 99.9 Å². The molecule has 0 saturated carbocycles. The van der Waals surface area contributed by atoms with Crippen molar-refractivity contribution in [2.24, 2.45) is 11.8 Å². The minimum absolute atomic E-state index is 0.0215. The van der Waals surface area contributed by atoms with E-state index in [1.807, 2.05) is 13.8 Å². The fraction of sp³-hybridized carbons (Fsp3) is 0.769. The van der Waals surface area contributed by atoms with Gasteiger partial charge >= 0.3 is 17.9 Å². The highest BCUT2D eigenvalue weighted by atomic mass is 16.7. The number of esters is 3. The van der Waals surface area contributed by atoms with Crippen molar-refractivity contribution in [3.05, 3.63) is 12.7 Å². The zero-order valence-electron chi connectivity index (χ0n) is 23.6. The normalized spacial score (nSPS) is 34.4. The van der Waals surface area contributed by atoms with Crippen LogP contribution >= 0.6 is 0 Å². The SMILES string of the molecule is C=CC(=O)NCOC[C@@H]1OC(OC2C(COC(C)=O)OC(C)C(OC(C)=O)C2C)C(OC(C)=O)C(C)C1OC. The van der Waals surface area contributed by atoms with E-state index in [4.69, 9.17) is 37.9 Å². The Bertz CT molecular complexity index is 864. The molecule has 0 aromatic rings. The van der Waals surface area contributed by atoms with E-state index in [9.17, 15) is 19.2 Å². The molecule has 2 rings (SSSR count). The van der Waals surface area contributed by atoms with Crippen LogP contribution < -0.4 is 5.32 Å². The molecule has 0 aromatic carbocycles. The van der Waals surface area contributed by atoms with E-state index in [2.05, 4.69) is 11.9 Å². The lowest BCUT2D eigenvalue weighted by atomic mass is 9.87. The number of hydrogen-bond donors (Lipinski definition) is 1.